The highest BCUT2D eigenvalue weighted by molar-refractivity contribution is 7.99. The molecule has 0 bridgehead atoms. The van der Waals surface area contributed by atoms with Crippen LogP contribution in [-0.2, 0) is 19.1 Å². The molecule has 2 aromatic carbocycles. The van der Waals surface area contributed by atoms with Gasteiger partial charge in [0.15, 0.2) is 13.2 Å². The summed E-state index contributed by atoms with van der Waals surface area (Å²) in [5.74, 6) is 1.41. The normalized spacial score (nSPS) is 10.5. The van der Waals surface area contributed by atoms with E-state index in [1.165, 1.54) is 12.1 Å². The molecule has 2 rings (SSSR count). The third-order valence-electron chi connectivity index (χ3n) is 3.87. The molecule has 0 atom stereocenters. The maximum atomic E-state index is 11.7. The zero-order valence-corrected chi connectivity index (χ0v) is 21.3. The van der Waals surface area contributed by atoms with E-state index < -0.39 is 11.9 Å². The van der Waals surface area contributed by atoms with E-state index in [4.69, 9.17) is 65.4 Å². The molecule has 2 aromatic rings. The molecule has 0 spiro atoms. The van der Waals surface area contributed by atoms with Gasteiger partial charge in [0.1, 0.15) is 11.5 Å². The van der Waals surface area contributed by atoms with E-state index >= 15 is 0 Å². The Morgan fingerprint density at radius 3 is 1.52 bits per heavy atom. The first-order chi connectivity index (χ1) is 15.8. The van der Waals surface area contributed by atoms with Crippen LogP contribution in [0, 0.1) is 0 Å². The molecular weight excluding hydrogens is 534 g/mol. The summed E-state index contributed by atoms with van der Waals surface area (Å²) in [7, 11) is 0. The summed E-state index contributed by atoms with van der Waals surface area (Å²) in [6.45, 7) is 0.133. The summed E-state index contributed by atoms with van der Waals surface area (Å²) in [6, 6.07) is 9.50. The van der Waals surface area contributed by atoms with Crippen molar-refractivity contribution in [1.82, 2.24) is 0 Å². The van der Waals surface area contributed by atoms with Gasteiger partial charge in [0.25, 0.3) is 0 Å². The van der Waals surface area contributed by atoms with E-state index in [-0.39, 0.29) is 13.2 Å². The molecular formula is C22H22Cl4O6S. The highest BCUT2D eigenvalue weighted by atomic mass is 35.5. The van der Waals surface area contributed by atoms with Crippen molar-refractivity contribution in [2.45, 2.75) is 12.8 Å². The van der Waals surface area contributed by atoms with E-state index in [9.17, 15) is 9.59 Å². The Hall–Kier alpha value is -1.51. The van der Waals surface area contributed by atoms with Crippen LogP contribution in [0.25, 0.3) is 0 Å². The maximum absolute atomic E-state index is 11.7. The summed E-state index contributed by atoms with van der Waals surface area (Å²) >= 11 is 25.2. The van der Waals surface area contributed by atoms with Crippen LogP contribution in [0.5, 0.6) is 11.5 Å². The van der Waals surface area contributed by atoms with Crippen LogP contribution in [0.2, 0.25) is 20.1 Å². The van der Waals surface area contributed by atoms with Gasteiger partial charge in [-0.25, -0.2) is 9.59 Å². The van der Waals surface area contributed by atoms with E-state index in [2.05, 4.69) is 0 Å². The Balaban J connectivity index is 1.43. The lowest BCUT2D eigenvalue weighted by Crippen LogP contribution is -2.16. The molecule has 0 heterocycles. The van der Waals surface area contributed by atoms with Gasteiger partial charge in [-0.2, -0.15) is 11.8 Å². The largest absolute Gasteiger partial charge is 0.480 e. The number of benzene rings is 2. The van der Waals surface area contributed by atoms with E-state index in [0.29, 0.717) is 57.6 Å². The molecule has 0 N–H and O–H groups in total. The quantitative estimate of drug-likeness (QED) is 0.198. The molecule has 11 heteroatoms. The molecule has 0 aliphatic rings. The number of carbonyl (C=O) groups is 2. The van der Waals surface area contributed by atoms with E-state index in [1.54, 1.807) is 36.0 Å². The third kappa shape index (κ3) is 11.5. The Morgan fingerprint density at radius 2 is 1.12 bits per heavy atom. The Kier molecular flexibility index (Phi) is 12.9. The van der Waals surface area contributed by atoms with Crippen molar-refractivity contribution < 1.29 is 28.5 Å². The number of hydrogen-bond acceptors (Lipinski definition) is 7. The highest BCUT2D eigenvalue weighted by Crippen LogP contribution is 2.28. The van der Waals surface area contributed by atoms with Gasteiger partial charge in [0, 0.05) is 10.0 Å². The fraction of sp³-hybridized carbons (Fsp3) is 0.364. The van der Waals surface area contributed by atoms with Crippen molar-refractivity contribution in [3.8, 4) is 11.5 Å². The van der Waals surface area contributed by atoms with Crippen molar-refractivity contribution in [1.29, 1.82) is 0 Å². The molecule has 180 valence electrons. The Labute approximate surface area is 216 Å². The molecule has 0 unspecified atom stereocenters. The Bertz CT molecular complexity index is 854. The number of esters is 2. The van der Waals surface area contributed by atoms with Crippen LogP contribution in [0.15, 0.2) is 36.4 Å². The van der Waals surface area contributed by atoms with Crippen LogP contribution in [-0.4, -0.2) is 49.9 Å². The molecule has 0 saturated carbocycles. The number of carbonyl (C=O) groups excluding carboxylic acids is 2. The summed E-state index contributed by atoms with van der Waals surface area (Å²) in [5.41, 5.74) is 0. The van der Waals surface area contributed by atoms with Gasteiger partial charge in [-0.3, -0.25) is 0 Å². The first-order valence-electron chi connectivity index (χ1n) is 9.90. The number of ether oxygens (including phenoxy) is 4. The maximum Gasteiger partial charge on any atom is 0.344 e. The molecule has 0 radical (unpaired) electrons. The zero-order chi connectivity index (χ0) is 24.1. The molecule has 0 saturated heterocycles. The minimum Gasteiger partial charge on any atom is -0.480 e. The van der Waals surface area contributed by atoms with Crippen LogP contribution in [0.1, 0.15) is 12.8 Å². The van der Waals surface area contributed by atoms with Crippen molar-refractivity contribution in [3.05, 3.63) is 56.5 Å². The summed E-state index contributed by atoms with van der Waals surface area (Å²) < 4.78 is 20.9. The SMILES string of the molecule is O=C(COc1ccc(Cl)cc1Cl)OCCCSCCCOC(=O)COc1ccc(Cl)cc1Cl. The predicted octanol–water partition coefficient (Wildman–Crippen LogP) is 6.36. The average molecular weight is 556 g/mol. The lowest BCUT2D eigenvalue weighted by Gasteiger charge is -2.09. The molecule has 0 aliphatic carbocycles. The second-order valence-electron chi connectivity index (χ2n) is 6.49. The summed E-state index contributed by atoms with van der Waals surface area (Å²) in [5, 5.41) is 1.63. The fourth-order valence-corrected chi connectivity index (χ4v) is 4.11. The van der Waals surface area contributed by atoms with Gasteiger partial charge in [-0.15, -0.1) is 0 Å². The van der Waals surface area contributed by atoms with Gasteiger partial charge in [-0.05, 0) is 60.7 Å². The van der Waals surface area contributed by atoms with Crippen molar-refractivity contribution in [3.63, 3.8) is 0 Å². The number of thioether (sulfide) groups is 1. The minimum absolute atomic E-state index is 0.228. The van der Waals surface area contributed by atoms with E-state index in [1.807, 2.05) is 0 Å². The van der Waals surface area contributed by atoms with E-state index in [0.717, 1.165) is 11.5 Å². The highest BCUT2D eigenvalue weighted by Gasteiger charge is 2.09. The first-order valence-corrected chi connectivity index (χ1v) is 12.6. The average Bonchev–Trinajstić information content (AvgIpc) is 2.76. The first kappa shape index (κ1) is 27.7. The summed E-state index contributed by atoms with van der Waals surface area (Å²) in [4.78, 5) is 23.4. The standard InChI is InChI=1S/C22H22Cl4O6S/c23-15-3-5-19(17(25)11-15)31-13-21(27)29-7-1-9-33-10-2-8-30-22(28)14-32-20-6-4-16(24)12-18(20)26/h3-6,11-12H,1-2,7-10,13-14H2. The van der Waals surface area contributed by atoms with Crippen LogP contribution < -0.4 is 9.47 Å². The molecule has 33 heavy (non-hydrogen) atoms. The molecule has 0 aliphatic heterocycles. The van der Waals surface area contributed by atoms with Gasteiger partial charge in [-0.1, -0.05) is 46.4 Å². The second kappa shape index (κ2) is 15.4. The summed E-state index contributed by atoms with van der Waals surface area (Å²) in [6.07, 6.45) is 1.40. The number of hydrogen-bond donors (Lipinski definition) is 0. The minimum atomic E-state index is -0.472. The second-order valence-corrected chi connectivity index (χ2v) is 9.40. The zero-order valence-electron chi connectivity index (χ0n) is 17.5. The van der Waals surface area contributed by atoms with Crippen molar-refractivity contribution >= 4 is 70.1 Å². The third-order valence-corrected chi connectivity index (χ3v) is 6.09. The van der Waals surface area contributed by atoms with Gasteiger partial charge in [0.05, 0.1) is 23.3 Å². The molecule has 6 nitrogen and oxygen atoms in total. The number of rotatable bonds is 14. The van der Waals surface area contributed by atoms with Gasteiger partial charge in [0.2, 0.25) is 0 Å². The van der Waals surface area contributed by atoms with Crippen LogP contribution in [0.3, 0.4) is 0 Å². The topological polar surface area (TPSA) is 71.1 Å². The van der Waals surface area contributed by atoms with Crippen LogP contribution >= 0.6 is 58.2 Å². The van der Waals surface area contributed by atoms with Gasteiger partial charge >= 0.3 is 11.9 Å². The molecule has 0 amide bonds. The number of halogens is 4. The Morgan fingerprint density at radius 1 is 0.697 bits per heavy atom. The molecule has 0 aromatic heterocycles. The lowest BCUT2D eigenvalue weighted by atomic mass is 10.3. The van der Waals surface area contributed by atoms with Crippen molar-refractivity contribution in [2.24, 2.45) is 0 Å². The lowest BCUT2D eigenvalue weighted by molar-refractivity contribution is -0.146. The fourth-order valence-electron chi connectivity index (χ4n) is 2.34. The smallest absolute Gasteiger partial charge is 0.344 e. The molecule has 0 fully saturated rings. The monoisotopic (exact) mass is 554 g/mol. The van der Waals surface area contributed by atoms with Crippen molar-refractivity contribution in [2.75, 3.05) is 37.9 Å². The predicted molar refractivity (Wildman–Crippen MR) is 132 cm³/mol. The van der Waals surface area contributed by atoms with Gasteiger partial charge < -0.3 is 18.9 Å². The van der Waals surface area contributed by atoms with Crippen LogP contribution in [0.4, 0.5) is 0 Å².